The Morgan fingerprint density at radius 3 is 2.46 bits per heavy atom. The predicted molar refractivity (Wildman–Crippen MR) is 153 cm³/mol. The second-order valence-corrected chi connectivity index (χ2v) is 10.1. The molecular formula is C27H25BrClN3O4S. The Morgan fingerprint density at radius 1 is 1.05 bits per heavy atom. The van der Waals surface area contributed by atoms with Gasteiger partial charge in [-0.05, 0) is 78.8 Å². The molecule has 0 saturated carbocycles. The maximum Gasteiger partial charge on any atom is 0.256 e. The fourth-order valence-electron chi connectivity index (χ4n) is 4.15. The molecule has 1 saturated heterocycles. The minimum atomic E-state index is -0.762. The molecule has 1 unspecified atom stereocenters. The summed E-state index contributed by atoms with van der Waals surface area (Å²) in [5.41, 5.74) is 2.19. The maximum atomic E-state index is 13.6. The molecule has 4 rings (SSSR count). The average Bonchev–Trinajstić information content (AvgIpc) is 3.12. The number of hydrogen-bond acceptors (Lipinski definition) is 5. The van der Waals surface area contributed by atoms with Crippen LogP contribution in [-0.4, -0.2) is 48.6 Å². The second kappa shape index (κ2) is 11.9. The van der Waals surface area contributed by atoms with Gasteiger partial charge in [0.1, 0.15) is 6.04 Å². The van der Waals surface area contributed by atoms with Gasteiger partial charge in [-0.25, -0.2) is 0 Å². The third-order valence-corrected chi connectivity index (χ3v) is 7.16. The smallest absolute Gasteiger partial charge is 0.256 e. The fraction of sp³-hybridized carbons (Fsp3) is 0.222. The number of halogens is 2. The number of benzene rings is 3. The van der Waals surface area contributed by atoms with E-state index >= 15 is 0 Å². The topological polar surface area (TPSA) is 71.1 Å². The Balaban J connectivity index is 1.57. The molecule has 1 N–H and O–H groups in total. The molecule has 0 spiro atoms. The van der Waals surface area contributed by atoms with E-state index in [0.29, 0.717) is 46.0 Å². The molecule has 192 valence electrons. The van der Waals surface area contributed by atoms with Crippen LogP contribution in [0.15, 0.2) is 71.2 Å². The van der Waals surface area contributed by atoms with E-state index in [1.54, 1.807) is 55.5 Å². The van der Waals surface area contributed by atoms with Crippen LogP contribution in [0.25, 0.3) is 0 Å². The van der Waals surface area contributed by atoms with Crippen LogP contribution < -0.4 is 19.7 Å². The highest BCUT2D eigenvalue weighted by Gasteiger charge is 2.44. The summed E-state index contributed by atoms with van der Waals surface area (Å²) in [4.78, 5) is 29.8. The Bertz CT molecular complexity index is 1320. The number of anilines is 2. The number of nitrogens with zero attached hydrogens (tertiary/aromatic N) is 2. The standard InChI is InChI=1S/C27H25BrClN3O4S/c1-35-23-11-6-17(14-24(23)36-2)12-13-31-22(16-25(33)30-20-9-7-18(28)8-10-20)26(34)32(27(31)37)21-5-3-4-19(29)15-21/h3-11,14-15,22H,12-13,16H2,1-2H3,(H,30,33). The molecule has 3 aromatic rings. The SMILES string of the molecule is COc1ccc(CCN2C(=S)N(c3cccc(Cl)c3)C(=O)C2CC(=O)Nc2ccc(Br)cc2)cc1OC. The van der Waals surface area contributed by atoms with Gasteiger partial charge in [0, 0.05) is 21.7 Å². The third-order valence-electron chi connectivity index (χ3n) is 5.98. The molecule has 0 aromatic heterocycles. The summed E-state index contributed by atoms with van der Waals surface area (Å²) < 4.78 is 11.6. The lowest BCUT2D eigenvalue weighted by Gasteiger charge is -2.24. The Kier molecular flexibility index (Phi) is 8.68. The highest BCUT2D eigenvalue weighted by molar-refractivity contribution is 9.10. The number of carbonyl (C=O) groups excluding carboxylic acids is 2. The summed E-state index contributed by atoms with van der Waals surface area (Å²) >= 11 is 15.3. The van der Waals surface area contributed by atoms with Gasteiger partial charge in [-0.1, -0.05) is 39.7 Å². The molecule has 1 aliphatic rings. The van der Waals surface area contributed by atoms with Crippen LogP contribution in [0.3, 0.4) is 0 Å². The summed E-state index contributed by atoms with van der Waals surface area (Å²) in [6.07, 6.45) is 0.514. The molecule has 10 heteroatoms. The first-order valence-electron chi connectivity index (χ1n) is 11.5. The fourth-order valence-corrected chi connectivity index (χ4v) is 5.01. The zero-order chi connectivity index (χ0) is 26.5. The van der Waals surface area contributed by atoms with Crippen molar-refractivity contribution in [3.63, 3.8) is 0 Å². The van der Waals surface area contributed by atoms with E-state index in [2.05, 4.69) is 21.2 Å². The predicted octanol–water partition coefficient (Wildman–Crippen LogP) is 5.69. The number of carbonyl (C=O) groups is 2. The van der Waals surface area contributed by atoms with Crippen LogP contribution >= 0.6 is 39.7 Å². The van der Waals surface area contributed by atoms with Gasteiger partial charge in [0.05, 0.1) is 26.3 Å². The van der Waals surface area contributed by atoms with Crippen molar-refractivity contribution in [3.8, 4) is 11.5 Å². The molecular weight excluding hydrogens is 578 g/mol. The molecule has 37 heavy (non-hydrogen) atoms. The molecule has 1 atom stereocenters. The summed E-state index contributed by atoms with van der Waals surface area (Å²) in [6.45, 7) is 0.424. The van der Waals surface area contributed by atoms with Gasteiger partial charge in [-0.3, -0.25) is 14.5 Å². The first kappa shape index (κ1) is 26.9. The average molecular weight is 603 g/mol. The number of ether oxygens (including phenoxy) is 2. The van der Waals surface area contributed by atoms with Gasteiger partial charge in [-0.2, -0.15) is 0 Å². The minimum Gasteiger partial charge on any atom is -0.493 e. The lowest BCUT2D eigenvalue weighted by Crippen LogP contribution is -2.39. The molecule has 1 aliphatic heterocycles. The number of hydrogen-bond donors (Lipinski definition) is 1. The van der Waals surface area contributed by atoms with E-state index in [-0.39, 0.29) is 18.2 Å². The Morgan fingerprint density at radius 2 is 1.78 bits per heavy atom. The zero-order valence-corrected chi connectivity index (χ0v) is 23.4. The van der Waals surface area contributed by atoms with E-state index in [4.69, 9.17) is 33.3 Å². The third kappa shape index (κ3) is 6.23. The van der Waals surface area contributed by atoms with Crippen molar-refractivity contribution >= 4 is 68.1 Å². The first-order valence-corrected chi connectivity index (χ1v) is 13.0. The van der Waals surface area contributed by atoms with Crippen molar-refractivity contribution < 1.29 is 19.1 Å². The minimum absolute atomic E-state index is 0.0575. The molecule has 3 aromatic carbocycles. The molecule has 0 bridgehead atoms. The van der Waals surface area contributed by atoms with Crippen molar-refractivity contribution in [2.75, 3.05) is 31.0 Å². The van der Waals surface area contributed by atoms with Crippen molar-refractivity contribution in [1.29, 1.82) is 0 Å². The molecule has 7 nitrogen and oxygen atoms in total. The lowest BCUT2D eigenvalue weighted by molar-refractivity contribution is -0.124. The normalized spacial score (nSPS) is 15.2. The highest BCUT2D eigenvalue weighted by atomic mass is 79.9. The number of thiocarbonyl (C=S) groups is 1. The van der Waals surface area contributed by atoms with E-state index < -0.39 is 6.04 Å². The van der Waals surface area contributed by atoms with Gasteiger partial charge in [0.2, 0.25) is 5.91 Å². The van der Waals surface area contributed by atoms with Crippen molar-refractivity contribution in [2.45, 2.75) is 18.9 Å². The van der Waals surface area contributed by atoms with Crippen molar-refractivity contribution in [1.82, 2.24) is 4.90 Å². The molecule has 2 amide bonds. The van der Waals surface area contributed by atoms with Crippen LogP contribution in [0.2, 0.25) is 5.02 Å². The summed E-state index contributed by atoms with van der Waals surface area (Å²) in [5, 5.41) is 3.68. The Labute approximate surface area is 234 Å². The number of amides is 2. The lowest BCUT2D eigenvalue weighted by atomic mass is 10.1. The largest absolute Gasteiger partial charge is 0.493 e. The van der Waals surface area contributed by atoms with E-state index in [0.717, 1.165) is 10.0 Å². The van der Waals surface area contributed by atoms with Gasteiger partial charge in [0.25, 0.3) is 5.91 Å². The van der Waals surface area contributed by atoms with Crippen molar-refractivity contribution in [3.05, 3.63) is 81.8 Å². The number of nitrogens with one attached hydrogen (secondary N) is 1. The van der Waals surface area contributed by atoms with E-state index in [1.165, 1.54) is 4.90 Å². The first-order chi connectivity index (χ1) is 17.8. The number of methoxy groups -OCH3 is 2. The van der Waals surface area contributed by atoms with Gasteiger partial charge in [-0.15, -0.1) is 0 Å². The van der Waals surface area contributed by atoms with Crippen molar-refractivity contribution in [2.24, 2.45) is 0 Å². The van der Waals surface area contributed by atoms with Gasteiger partial charge < -0.3 is 19.7 Å². The van der Waals surface area contributed by atoms with Crippen LogP contribution in [-0.2, 0) is 16.0 Å². The highest BCUT2D eigenvalue weighted by Crippen LogP contribution is 2.31. The van der Waals surface area contributed by atoms with Gasteiger partial charge in [0.15, 0.2) is 16.6 Å². The van der Waals surface area contributed by atoms with Crippen LogP contribution in [0.4, 0.5) is 11.4 Å². The van der Waals surface area contributed by atoms with E-state index in [9.17, 15) is 9.59 Å². The van der Waals surface area contributed by atoms with Crippen LogP contribution in [0.1, 0.15) is 12.0 Å². The molecule has 0 radical (unpaired) electrons. The summed E-state index contributed by atoms with van der Waals surface area (Å²) in [6, 6.07) is 19.1. The molecule has 1 fully saturated rings. The van der Waals surface area contributed by atoms with Gasteiger partial charge >= 0.3 is 0 Å². The Hall–Kier alpha value is -3.14. The van der Waals surface area contributed by atoms with Crippen LogP contribution in [0, 0.1) is 0 Å². The molecule has 1 heterocycles. The molecule has 0 aliphatic carbocycles. The zero-order valence-electron chi connectivity index (χ0n) is 20.2. The summed E-state index contributed by atoms with van der Waals surface area (Å²) in [5.74, 6) is 0.692. The van der Waals surface area contributed by atoms with Crippen LogP contribution in [0.5, 0.6) is 11.5 Å². The summed E-state index contributed by atoms with van der Waals surface area (Å²) in [7, 11) is 3.17. The monoisotopic (exact) mass is 601 g/mol. The second-order valence-electron chi connectivity index (χ2n) is 8.34. The van der Waals surface area contributed by atoms with E-state index in [1.807, 2.05) is 30.3 Å². The maximum absolute atomic E-state index is 13.6. The quantitative estimate of drug-likeness (QED) is 0.317. The number of rotatable bonds is 9.